The van der Waals surface area contributed by atoms with Crippen LogP contribution in [-0.4, -0.2) is 43.3 Å². The molecule has 1 aromatic carbocycles. The number of thiophene rings is 1. The Morgan fingerprint density at radius 3 is 2.88 bits per heavy atom. The van der Waals surface area contributed by atoms with Gasteiger partial charge in [0.1, 0.15) is 17.0 Å². The summed E-state index contributed by atoms with van der Waals surface area (Å²) in [6, 6.07) is 10.1. The molecule has 7 heteroatoms. The number of anilines is 1. The number of H-pyrrole nitrogens is 1. The number of ether oxygens (including phenoxy) is 1. The molecule has 3 aromatic rings. The maximum absolute atomic E-state index is 12.1. The van der Waals surface area contributed by atoms with Gasteiger partial charge in [-0.25, -0.2) is 4.98 Å². The predicted octanol–water partition coefficient (Wildman–Crippen LogP) is 0.898. The molecule has 25 heavy (non-hydrogen) atoms. The first-order chi connectivity index (χ1) is 12.2. The lowest BCUT2D eigenvalue weighted by Crippen LogP contribution is -3.13. The molecule has 1 fully saturated rings. The van der Waals surface area contributed by atoms with Gasteiger partial charge in [-0.3, -0.25) is 4.79 Å². The van der Waals surface area contributed by atoms with Gasteiger partial charge >= 0.3 is 0 Å². The van der Waals surface area contributed by atoms with E-state index in [-0.39, 0.29) is 5.56 Å². The van der Waals surface area contributed by atoms with Gasteiger partial charge in [0.2, 0.25) is 0 Å². The summed E-state index contributed by atoms with van der Waals surface area (Å²) in [5, 5.41) is 1.91. The van der Waals surface area contributed by atoms with Crippen molar-refractivity contribution in [1.82, 2.24) is 9.97 Å². The Kier molecular flexibility index (Phi) is 4.42. The molecule has 0 atom stereocenters. The molecule has 0 saturated carbocycles. The van der Waals surface area contributed by atoms with Crippen LogP contribution in [0.15, 0.2) is 40.5 Å². The number of nitrogens with zero attached hydrogens (tertiary/aromatic N) is 2. The van der Waals surface area contributed by atoms with E-state index in [2.05, 4.69) is 20.9 Å². The number of hydrogen-bond acceptors (Lipinski definition) is 5. The highest BCUT2D eigenvalue weighted by atomic mass is 32.1. The van der Waals surface area contributed by atoms with Crippen LogP contribution in [0.3, 0.4) is 0 Å². The number of hydrogen-bond donors (Lipinski definition) is 2. The van der Waals surface area contributed by atoms with Crippen molar-refractivity contribution >= 4 is 27.2 Å². The Balaban J connectivity index is 1.44. The quantitative estimate of drug-likeness (QED) is 0.728. The Morgan fingerprint density at radius 2 is 2.08 bits per heavy atom. The van der Waals surface area contributed by atoms with Crippen molar-refractivity contribution in [3.05, 3.63) is 51.9 Å². The van der Waals surface area contributed by atoms with Crippen LogP contribution in [0.25, 0.3) is 10.2 Å². The fourth-order valence-corrected chi connectivity index (χ4v) is 4.10. The normalized spacial score (nSPS) is 15.6. The van der Waals surface area contributed by atoms with E-state index in [4.69, 9.17) is 4.74 Å². The Labute approximate surface area is 149 Å². The molecule has 6 nitrogen and oxygen atoms in total. The van der Waals surface area contributed by atoms with Crippen LogP contribution in [-0.2, 0) is 6.54 Å². The zero-order valence-corrected chi connectivity index (χ0v) is 14.9. The third kappa shape index (κ3) is 3.25. The van der Waals surface area contributed by atoms with Crippen LogP contribution < -0.4 is 20.1 Å². The third-order valence-corrected chi connectivity index (χ3v) is 5.58. The predicted molar refractivity (Wildman–Crippen MR) is 99.8 cm³/mol. The Hall–Kier alpha value is -2.38. The van der Waals surface area contributed by atoms with E-state index in [9.17, 15) is 4.79 Å². The number of fused-ring (bicyclic) bond motifs is 1. The molecule has 2 N–H and O–H groups in total. The first-order valence-electron chi connectivity index (χ1n) is 8.42. The van der Waals surface area contributed by atoms with E-state index in [1.165, 1.54) is 16.2 Å². The maximum atomic E-state index is 12.1. The van der Waals surface area contributed by atoms with Gasteiger partial charge in [-0.15, -0.1) is 11.3 Å². The average Bonchev–Trinajstić information content (AvgIpc) is 3.11. The minimum Gasteiger partial charge on any atom is -0.495 e. The van der Waals surface area contributed by atoms with E-state index >= 15 is 0 Å². The van der Waals surface area contributed by atoms with E-state index in [0.717, 1.165) is 55.5 Å². The van der Waals surface area contributed by atoms with Crippen molar-refractivity contribution < 1.29 is 9.64 Å². The van der Waals surface area contributed by atoms with Crippen LogP contribution in [0.2, 0.25) is 0 Å². The van der Waals surface area contributed by atoms with Gasteiger partial charge in [-0.2, -0.15) is 0 Å². The minimum atomic E-state index is -0.0259. The Morgan fingerprint density at radius 1 is 1.28 bits per heavy atom. The summed E-state index contributed by atoms with van der Waals surface area (Å²) in [6.45, 7) is 4.68. The van der Waals surface area contributed by atoms with Crippen LogP contribution in [0.5, 0.6) is 5.75 Å². The number of methoxy groups -OCH3 is 1. The first-order valence-corrected chi connectivity index (χ1v) is 9.30. The molecule has 1 aliphatic heterocycles. The second kappa shape index (κ2) is 6.85. The molecular weight excluding hydrogens is 336 g/mol. The molecule has 1 aliphatic rings. The monoisotopic (exact) mass is 357 g/mol. The fraction of sp³-hybridized carbons (Fsp3) is 0.333. The summed E-state index contributed by atoms with van der Waals surface area (Å²) in [4.78, 5) is 23.4. The molecule has 3 heterocycles. The topological polar surface area (TPSA) is 62.7 Å². The smallest absolute Gasteiger partial charge is 0.269 e. The maximum Gasteiger partial charge on any atom is 0.269 e. The van der Waals surface area contributed by atoms with Gasteiger partial charge < -0.3 is 19.5 Å². The second-order valence-electron chi connectivity index (χ2n) is 6.23. The van der Waals surface area contributed by atoms with Crippen molar-refractivity contribution in [3.63, 3.8) is 0 Å². The molecule has 0 unspecified atom stereocenters. The summed E-state index contributed by atoms with van der Waals surface area (Å²) in [5.74, 6) is 1.69. The van der Waals surface area contributed by atoms with E-state index in [1.54, 1.807) is 7.11 Å². The second-order valence-corrected chi connectivity index (χ2v) is 7.15. The first kappa shape index (κ1) is 16.1. The van der Waals surface area contributed by atoms with Crippen molar-refractivity contribution in [2.24, 2.45) is 0 Å². The third-order valence-electron chi connectivity index (χ3n) is 4.68. The highest BCUT2D eigenvalue weighted by molar-refractivity contribution is 7.17. The van der Waals surface area contributed by atoms with Gasteiger partial charge in [0.15, 0.2) is 5.82 Å². The van der Waals surface area contributed by atoms with Crippen molar-refractivity contribution in [2.45, 2.75) is 6.54 Å². The molecule has 2 aromatic heterocycles. The Bertz CT molecular complexity index is 928. The molecule has 0 spiro atoms. The largest absolute Gasteiger partial charge is 0.495 e. The van der Waals surface area contributed by atoms with Gasteiger partial charge in [0.25, 0.3) is 5.56 Å². The number of rotatable bonds is 4. The summed E-state index contributed by atoms with van der Waals surface area (Å²) < 4.78 is 6.18. The van der Waals surface area contributed by atoms with Crippen molar-refractivity contribution in [1.29, 1.82) is 0 Å². The molecule has 0 amide bonds. The molecule has 4 rings (SSSR count). The summed E-state index contributed by atoms with van der Waals surface area (Å²) in [7, 11) is 1.71. The number of nitrogens with one attached hydrogen (secondary N) is 2. The van der Waals surface area contributed by atoms with Gasteiger partial charge in [0, 0.05) is 0 Å². The van der Waals surface area contributed by atoms with Gasteiger partial charge in [-0.1, -0.05) is 12.1 Å². The van der Waals surface area contributed by atoms with Crippen molar-refractivity contribution in [3.8, 4) is 5.75 Å². The van der Waals surface area contributed by atoms with Crippen LogP contribution >= 0.6 is 11.3 Å². The highest BCUT2D eigenvalue weighted by Crippen LogP contribution is 2.27. The zero-order valence-electron chi connectivity index (χ0n) is 14.1. The summed E-state index contributed by atoms with van der Waals surface area (Å²) in [6.07, 6.45) is 0. The number of piperazine rings is 1. The molecule has 130 valence electrons. The van der Waals surface area contributed by atoms with E-state index in [1.807, 2.05) is 29.6 Å². The lowest BCUT2D eigenvalue weighted by molar-refractivity contribution is -0.915. The lowest BCUT2D eigenvalue weighted by atomic mass is 10.2. The average molecular weight is 357 g/mol. The van der Waals surface area contributed by atoms with Crippen LogP contribution in [0.1, 0.15) is 5.82 Å². The van der Waals surface area contributed by atoms with Crippen LogP contribution in [0.4, 0.5) is 5.69 Å². The summed E-state index contributed by atoms with van der Waals surface area (Å²) in [5.41, 5.74) is 1.92. The minimum absolute atomic E-state index is 0.0259. The molecule has 0 aliphatic carbocycles. The summed E-state index contributed by atoms with van der Waals surface area (Å²) >= 11 is 1.44. The van der Waals surface area contributed by atoms with Gasteiger partial charge in [0.05, 0.1) is 44.5 Å². The SMILES string of the molecule is COc1ccccc1N1CC[NH+](Cc2nc3ccsc3c(=O)[nH]2)CC1. The standard InChI is InChI=1S/C18H20N4O2S/c1-24-15-5-3-2-4-14(15)22-9-7-21(8-10-22)12-16-19-13-6-11-25-17(13)18(23)20-16/h2-6,11H,7-10,12H2,1H3,(H,19,20,23)/p+1. The number of para-hydroxylation sites is 2. The number of aromatic amines is 1. The molecule has 0 bridgehead atoms. The number of quaternary nitrogens is 1. The molecule has 1 saturated heterocycles. The van der Waals surface area contributed by atoms with Crippen LogP contribution in [0, 0.1) is 0 Å². The highest BCUT2D eigenvalue weighted by Gasteiger charge is 2.23. The molecule has 0 radical (unpaired) electrons. The van der Waals surface area contributed by atoms with E-state index in [0.29, 0.717) is 4.70 Å². The van der Waals surface area contributed by atoms with E-state index < -0.39 is 0 Å². The number of benzene rings is 1. The fourth-order valence-electron chi connectivity index (χ4n) is 3.37. The van der Waals surface area contributed by atoms with Crippen molar-refractivity contribution in [2.75, 3.05) is 38.2 Å². The molecular formula is C18H21N4O2S+. The van der Waals surface area contributed by atoms with Gasteiger partial charge in [-0.05, 0) is 23.6 Å². The zero-order chi connectivity index (χ0) is 17.2. The lowest BCUT2D eigenvalue weighted by Gasteiger charge is -2.34. The number of aromatic nitrogens is 2.